The van der Waals surface area contributed by atoms with E-state index in [4.69, 9.17) is 9.47 Å². The summed E-state index contributed by atoms with van der Waals surface area (Å²) < 4.78 is 37.6. The first-order valence-corrected chi connectivity index (χ1v) is 6.35. The Labute approximate surface area is 101 Å². The molecule has 0 amide bonds. The summed E-state index contributed by atoms with van der Waals surface area (Å²) in [6, 6.07) is 0. The molecule has 2 aliphatic rings. The van der Waals surface area contributed by atoms with E-state index in [0.29, 0.717) is 26.4 Å². The van der Waals surface area contributed by atoms with Crippen LogP contribution < -0.4 is 0 Å². The molecule has 0 aromatic carbocycles. The van der Waals surface area contributed by atoms with E-state index in [2.05, 4.69) is 4.90 Å². The average molecular weight is 249 g/mol. The fourth-order valence-corrected chi connectivity index (χ4v) is 2.35. The molecule has 1 unspecified atom stereocenters. The van der Waals surface area contributed by atoms with Gasteiger partial charge in [0.15, 0.2) is 0 Å². The zero-order valence-corrected chi connectivity index (χ0v) is 10.4. The number of alkyl halides is 2. The van der Waals surface area contributed by atoms with Gasteiger partial charge in [-0.1, -0.05) is 6.92 Å². The highest BCUT2D eigenvalue weighted by Gasteiger charge is 2.71. The van der Waals surface area contributed by atoms with E-state index in [-0.39, 0.29) is 13.0 Å². The fraction of sp³-hybridized carbons (Fsp3) is 1.00. The Morgan fingerprint density at radius 2 is 1.94 bits per heavy atom. The van der Waals surface area contributed by atoms with Crippen molar-refractivity contribution in [1.29, 1.82) is 0 Å². The predicted octanol–water partition coefficient (Wildman–Crippen LogP) is 1.77. The van der Waals surface area contributed by atoms with E-state index < -0.39 is 11.3 Å². The van der Waals surface area contributed by atoms with Gasteiger partial charge in [0.1, 0.15) is 0 Å². The standard InChI is InChI=1S/C12H21F2NO2/c1-2-5-17-10-11(8-12(11,13)14)9-15-3-6-16-7-4-15/h2-10H2,1H3. The maximum absolute atomic E-state index is 13.5. The van der Waals surface area contributed by atoms with Crippen LogP contribution in [0, 0.1) is 5.41 Å². The van der Waals surface area contributed by atoms with Crippen LogP contribution in [0.3, 0.4) is 0 Å². The number of hydrogen-bond acceptors (Lipinski definition) is 3. The van der Waals surface area contributed by atoms with Crippen LogP contribution in [0.25, 0.3) is 0 Å². The van der Waals surface area contributed by atoms with Crippen molar-refractivity contribution in [1.82, 2.24) is 4.90 Å². The van der Waals surface area contributed by atoms with Crippen molar-refractivity contribution in [2.45, 2.75) is 25.7 Å². The van der Waals surface area contributed by atoms with Gasteiger partial charge in [0.05, 0.1) is 25.2 Å². The number of hydrogen-bond donors (Lipinski definition) is 0. The summed E-state index contributed by atoms with van der Waals surface area (Å²) in [4.78, 5) is 2.07. The Morgan fingerprint density at radius 3 is 2.47 bits per heavy atom. The summed E-state index contributed by atoms with van der Waals surface area (Å²) in [6.07, 6.45) is 0.847. The Bertz CT molecular complexity index is 257. The van der Waals surface area contributed by atoms with Crippen LogP contribution in [0.15, 0.2) is 0 Å². The molecule has 1 atom stereocenters. The van der Waals surface area contributed by atoms with E-state index >= 15 is 0 Å². The average Bonchev–Trinajstić information content (AvgIpc) is 2.82. The summed E-state index contributed by atoms with van der Waals surface area (Å²) in [5.74, 6) is -2.54. The molecule has 0 bridgehead atoms. The molecule has 0 N–H and O–H groups in total. The third-order valence-corrected chi connectivity index (χ3v) is 3.57. The van der Waals surface area contributed by atoms with Crippen molar-refractivity contribution in [3.8, 4) is 0 Å². The van der Waals surface area contributed by atoms with E-state index in [1.165, 1.54) is 0 Å². The SMILES string of the molecule is CCCOCC1(CN2CCOCC2)CC1(F)F. The van der Waals surface area contributed by atoms with Gasteiger partial charge in [-0.15, -0.1) is 0 Å². The fourth-order valence-electron chi connectivity index (χ4n) is 2.35. The van der Waals surface area contributed by atoms with E-state index in [9.17, 15) is 8.78 Å². The lowest BCUT2D eigenvalue weighted by Gasteiger charge is -2.30. The second-order valence-electron chi connectivity index (χ2n) is 5.10. The van der Waals surface area contributed by atoms with Crippen LogP contribution in [0.5, 0.6) is 0 Å². The van der Waals surface area contributed by atoms with E-state index in [0.717, 1.165) is 19.5 Å². The number of ether oxygens (including phenoxy) is 2. The van der Waals surface area contributed by atoms with Crippen molar-refractivity contribution in [3.63, 3.8) is 0 Å². The molecule has 100 valence electrons. The summed E-state index contributed by atoms with van der Waals surface area (Å²) >= 11 is 0. The minimum Gasteiger partial charge on any atom is -0.381 e. The molecule has 5 heteroatoms. The van der Waals surface area contributed by atoms with Crippen LogP contribution in [0.2, 0.25) is 0 Å². The van der Waals surface area contributed by atoms with Gasteiger partial charge in [-0.05, 0) is 6.42 Å². The first kappa shape index (κ1) is 13.2. The predicted molar refractivity (Wildman–Crippen MR) is 60.4 cm³/mol. The molecule has 0 radical (unpaired) electrons. The second-order valence-corrected chi connectivity index (χ2v) is 5.10. The van der Waals surface area contributed by atoms with E-state index in [1.54, 1.807) is 0 Å². The molecule has 0 aromatic rings. The van der Waals surface area contributed by atoms with Gasteiger partial charge in [0.25, 0.3) is 5.92 Å². The lowest BCUT2D eigenvalue weighted by atomic mass is 10.1. The Hall–Kier alpha value is -0.260. The first-order valence-electron chi connectivity index (χ1n) is 6.35. The molecule has 1 heterocycles. The lowest BCUT2D eigenvalue weighted by molar-refractivity contribution is -0.0278. The minimum absolute atomic E-state index is 0.0267. The number of morpholine rings is 1. The van der Waals surface area contributed by atoms with Crippen molar-refractivity contribution in [2.75, 3.05) is 46.1 Å². The summed E-state index contributed by atoms with van der Waals surface area (Å²) in [6.45, 7) is 5.99. The summed E-state index contributed by atoms with van der Waals surface area (Å²) in [5, 5.41) is 0. The molecule has 1 saturated heterocycles. The van der Waals surface area contributed by atoms with Crippen molar-refractivity contribution in [2.24, 2.45) is 5.41 Å². The molecule has 2 fully saturated rings. The van der Waals surface area contributed by atoms with Gasteiger partial charge < -0.3 is 9.47 Å². The maximum atomic E-state index is 13.5. The highest BCUT2D eigenvalue weighted by molar-refractivity contribution is 5.11. The molecule has 1 aliphatic carbocycles. The third kappa shape index (κ3) is 2.95. The molecule has 2 rings (SSSR count). The van der Waals surface area contributed by atoms with Crippen LogP contribution in [0.1, 0.15) is 19.8 Å². The van der Waals surface area contributed by atoms with Gasteiger partial charge in [-0.25, -0.2) is 8.78 Å². The zero-order valence-electron chi connectivity index (χ0n) is 10.4. The third-order valence-electron chi connectivity index (χ3n) is 3.57. The van der Waals surface area contributed by atoms with Gasteiger partial charge in [-0.2, -0.15) is 0 Å². The van der Waals surface area contributed by atoms with Crippen LogP contribution >= 0.6 is 0 Å². The normalized spacial score (nSPS) is 32.6. The molecule has 0 spiro atoms. The molecule has 1 saturated carbocycles. The molecular formula is C12H21F2NO2. The van der Waals surface area contributed by atoms with Gasteiger partial charge in [0.2, 0.25) is 0 Å². The smallest absolute Gasteiger partial charge is 0.258 e. The van der Waals surface area contributed by atoms with E-state index in [1.807, 2.05) is 6.92 Å². The number of nitrogens with zero attached hydrogens (tertiary/aromatic N) is 1. The first-order chi connectivity index (χ1) is 8.10. The zero-order chi connectivity index (χ0) is 12.4. The molecule has 1 aliphatic heterocycles. The quantitative estimate of drug-likeness (QED) is 0.670. The Kier molecular flexibility index (Phi) is 4.00. The van der Waals surface area contributed by atoms with Crippen molar-refractivity contribution < 1.29 is 18.3 Å². The number of halogens is 2. The van der Waals surface area contributed by atoms with Gasteiger partial charge in [0, 0.05) is 32.7 Å². The van der Waals surface area contributed by atoms with Crippen LogP contribution in [-0.2, 0) is 9.47 Å². The Morgan fingerprint density at radius 1 is 1.29 bits per heavy atom. The minimum atomic E-state index is -2.54. The largest absolute Gasteiger partial charge is 0.381 e. The summed E-state index contributed by atoms with van der Waals surface area (Å²) in [7, 11) is 0. The lowest BCUT2D eigenvalue weighted by Crippen LogP contribution is -2.42. The van der Waals surface area contributed by atoms with Crippen molar-refractivity contribution in [3.05, 3.63) is 0 Å². The molecule has 17 heavy (non-hydrogen) atoms. The topological polar surface area (TPSA) is 21.7 Å². The van der Waals surface area contributed by atoms with Gasteiger partial charge in [-0.3, -0.25) is 4.90 Å². The highest BCUT2D eigenvalue weighted by atomic mass is 19.3. The molecular weight excluding hydrogens is 228 g/mol. The van der Waals surface area contributed by atoms with Gasteiger partial charge >= 0.3 is 0 Å². The second kappa shape index (κ2) is 5.16. The van der Waals surface area contributed by atoms with Crippen molar-refractivity contribution >= 4 is 0 Å². The monoisotopic (exact) mass is 249 g/mol. The Balaban J connectivity index is 1.84. The number of rotatable bonds is 6. The maximum Gasteiger partial charge on any atom is 0.258 e. The summed E-state index contributed by atoms with van der Waals surface area (Å²) in [5.41, 5.74) is -0.931. The molecule has 0 aromatic heterocycles. The van der Waals surface area contributed by atoms with Crippen LogP contribution in [-0.4, -0.2) is 56.9 Å². The molecule has 3 nitrogen and oxygen atoms in total. The highest BCUT2D eigenvalue weighted by Crippen LogP contribution is 2.61. The van der Waals surface area contributed by atoms with Crippen LogP contribution in [0.4, 0.5) is 8.78 Å².